The Kier molecular flexibility index (Phi) is 4.52. The molecule has 1 heterocycles. The van der Waals surface area contributed by atoms with Crippen molar-refractivity contribution in [2.75, 3.05) is 20.8 Å². The van der Waals surface area contributed by atoms with E-state index < -0.39 is 12.0 Å². The highest BCUT2D eigenvalue weighted by atomic mass is 32.1. The summed E-state index contributed by atoms with van der Waals surface area (Å²) >= 11 is 1.06. The van der Waals surface area contributed by atoms with Crippen LogP contribution in [0.4, 0.5) is 0 Å². The topological polar surface area (TPSA) is 66.8 Å². The number of aromatic nitrogens is 1. The molecular weight excluding hydrogens is 294 g/mol. The molecule has 0 N–H and O–H groups in total. The summed E-state index contributed by atoms with van der Waals surface area (Å²) in [5.74, 6) is 0.615. The van der Waals surface area contributed by atoms with Crippen LogP contribution in [-0.4, -0.2) is 31.4 Å². The number of carbonyl (C=O) groups is 1. The predicted molar refractivity (Wildman–Crippen MR) is 80.5 cm³/mol. The zero-order valence-corrected chi connectivity index (χ0v) is 13.2. The van der Waals surface area contributed by atoms with Crippen LogP contribution in [0.5, 0.6) is 11.5 Å². The van der Waals surface area contributed by atoms with Crippen LogP contribution >= 0.6 is 11.3 Å². The van der Waals surface area contributed by atoms with Gasteiger partial charge in [0.2, 0.25) is 0 Å². The van der Waals surface area contributed by atoms with Crippen molar-refractivity contribution in [1.82, 2.24) is 4.57 Å². The van der Waals surface area contributed by atoms with Gasteiger partial charge in [0, 0.05) is 12.1 Å². The number of hydrogen-bond acceptors (Lipinski definition) is 6. The van der Waals surface area contributed by atoms with E-state index >= 15 is 0 Å². The van der Waals surface area contributed by atoms with Gasteiger partial charge in [-0.2, -0.15) is 0 Å². The largest absolute Gasteiger partial charge is 0.493 e. The quantitative estimate of drug-likeness (QED) is 0.792. The van der Waals surface area contributed by atoms with Gasteiger partial charge in [-0.15, -0.1) is 0 Å². The zero-order valence-electron chi connectivity index (χ0n) is 12.3. The number of benzene rings is 1. The normalized spacial score (nSPS) is 12.2. The fourth-order valence-corrected chi connectivity index (χ4v) is 3.07. The molecule has 0 radical (unpaired) electrons. The van der Waals surface area contributed by atoms with E-state index in [-0.39, 0.29) is 11.5 Å². The highest BCUT2D eigenvalue weighted by Gasteiger charge is 2.22. The molecule has 7 heteroatoms. The number of thiazole rings is 1. The predicted octanol–water partition coefficient (Wildman–Crippen LogP) is 2.20. The van der Waals surface area contributed by atoms with E-state index in [0.717, 1.165) is 16.0 Å². The second kappa shape index (κ2) is 6.17. The lowest BCUT2D eigenvalue weighted by Crippen LogP contribution is -2.25. The molecule has 0 bridgehead atoms. The summed E-state index contributed by atoms with van der Waals surface area (Å²) in [5.41, 5.74) is 0.628. The third-order valence-corrected chi connectivity index (χ3v) is 4.05. The molecule has 1 aromatic carbocycles. The van der Waals surface area contributed by atoms with Crippen LogP contribution in [0.3, 0.4) is 0 Å². The van der Waals surface area contributed by atoms with Crippen LogP contribution in [0.15, 0.2) is 16.9 Å². The Morgan fingerprint density at radius 2 is 1.90 bits per heavy atom. The Bertz CT molecular complexity index is 718. The first kappa shape index (κ1) is 15.4. The number of esters is 1. The molecule has 2 rings (SSSR count). The third kappa shape index (κ3) is 2.73. The second-order valence-corrected chi connectivity index (χ2v) is 5.33. The standard InChI is InChI=1S/C14H17NO5S/c1-5-20-13(16)8(2)15-9-6-10(18-3)11(19-4)7-12(9)21-14(15)17/h6-8H,5H2,1-4H3. The molecule has 6 nitrogen and oxygen atoms in total. The minimum absolute atomic E-state index is 0.221. The Morgan fingerprint density at radius 1 is 1.29 bits per heavy atom. The molecule has 1 unspecified atom stereocenters. The van der Waals surface area contributed by atoms with Gasteiger partial charge in [-0.1, -0.05) is 11.3 Å². The summed E-state index contributed by atoms with van der Waals surface area (Å²) in [6.07, 6.45) is 0. The molecule has 0 saturated heterocycles. The number of carbonyl (C=O) groups excluding carboxylic acids is 1. The average Bonchev–Trinajstić information content (AvgIpc) is 2.79. The lowest BCUT2D eigenvalue weighted by Gasteiger charge is -2.13. The zero-order chi connectivity index (χ0) is 15.6. The van der Waals surface area contributed by atoms with Crippen molar-refractivity contribution in [3.05, 3.63) is 21.8 Å². The number of rotatable bonds is 5. The fourth-order valence-electron chi connectivity index (χ4n) is 2.10. The van der Waals surface area contributed by atoms with Crippen LogP contribution in [0.2, 0.25) is 0 Å². The van der Waals surface area contributed by atoms with Crippen molar-refractivity contribution in [3.8, 4) is 11.5 Å². The monoisotopic (exact) mass is 311 g/mol. The first-order valence-electron chi connectivity index (χ1n) is 6.47. The number of hydrogen-bond donors (Lipinski definition) is 0. The summed E-state index contributed by atoms with van der Waals surface area (Å²) in [7, 11) is 3.05. The third-order valence-electron chi connectivity index (χ3n) is 3.13. The Labute approximate surface area is 125 Å². The van der Waals surface area contributed by atoms with E-state index in [1.165, 1.54) is 18.8 Å². The molecule has 1 atom stereocenters. The Balaban J connectivity index is 2.61. The highest BCUT2D eigenvalue weighted by molar-refractivity contribution is 7.16. The van der Waals surface area contributed by atoms with Gasteiger partial charge in [0.05, 0.1) is 31.0 Å². The number of nitrogens with zero attached hydrogens (tertiary/aromatic N) is 1. The van der Waals surface area contributed by atoms with Crippen molar-refractivity contribution >= 4 is 27.5 Å². The first-order valence-corrected chi connectivity index (χ1v) is 7.28. The van der Waals surface area contributed by atoms with E-state index in [1.54, 1.807) is 26.0 Å². The van der Waals surface area contributed by atoms with Crippen molar-refractivity contribution in [2.24, 2.45) is 0 Å². The smallest absolute Gasteiger partial charge is 0.328 e. The minimum Gasteiger partial charge on any atom is -0.493 e. The van der Waals surface area contributed by atoms with E-state index in [4.69, 9.17) is 14.2 Å². The minimum atomic E-state index is -0.690. The highest BCUT2D eigenvalue weighted by Crippen LogP contribution is 2.34. The molecule has 1 aromatic heterocycles. The molecule has 0 aliphatic heterocycles. The molecule has 2 aromatic rings. The molecule has 21 heavy (non-hydrogen) atoms. The summed E-state index contributed by atoms with van der Waals surface area (Å²) in [6, 6.07) is 2.74. The number of ether oxygens (including phenoxy) is 3. The van der Waals surface area contributed by atoms with Crippen molar-refractivity contribution < 1.29 is 19.0 Å². The molecule has 0 aliphatic rings. The summed E-state index contributed by atoms with van der Waals surface area (Å²) in [6.45, 7) is 3.65. The van der Waals surface area contributed by atoms with Crippen LogP contribution in [-0.2, 0) is 9.53 Å². The van der Waals surface area contributed by atoms with Gasteiger partial charge in [0.25, 0.3) is 0 Å². The molecular formula is C14H17NO5S. The van der Waals surface area contributed by atoms with Crippen molar-refractivity contribution in [1.29, 1.82) is 0 Å². The molecule has 0 saturated carbocycles. The van der Waals surface area contributed by atoms with E-state index in [1.807, 2.05) is 0 Å². The van der Waals surface area contributed by atoms with Gasteiger partial charge in [-0.3, -0.25) is 9.36 Å². The summed E-state index contributed by atoms with van der Waals surface area (Å²) in [4.78, 5) is 23.8. The van der Waals surface area contributed by atoms with Crippen LogP contribution < -0.4 is 14.3 Å². The molecule has 0 aliphatic carbocycles. The Hall–Kier alpha value is -2.02. The van der Waals surface area contributed by atoms with Gasteiger partial charge in [0.1, 0.15) is 6.04 Å². The molecule has 0 spiro atoms. The SMILES string of the molecule is CCOC(=O)C(C)n1c(=O)sc2cc(OC)c(OC)cc21. The summed E-state index contributed by atoms with van der Waals surface area (Å²) < 4.78 is 17.6. The maximum atomic E-state index is 12.2. The molecule has 0 fully saturated rings. The molecule has 114 valence electrons. The van der Waals surface area contributed by atoms with Crippen LogP contribution in [0.1, 0.15) is 19.9 Å². The first-order chi connectivity index (χ1) is 10.0. The van der Waals surface area contributed by atoms with E-state index in [2.05, 4.69) is 0 Å². The average molecular weight is 311 g/mol. The number of fused-ring (bicyclic) bond motifs is 1. The van der Waals surface area contributed by atoms with E-state index in [9.17, 15) is 9.59 Å². The number of methoxy groups -OCH3 is 2. The lowest BCUT2D eigenvalue weighted by atomic mass is 10.2. The van der Waals surface area contributed by atoms with Gasteiger partial charge < -0.3 is 14.2 Å². The lowest BCUT2D eigenvalue weighted by molar-refractivity contribution is -0.146. The van der Waals surface area contributed by atoms with Gasteiger partial charge in [-0.25, -0.2) is 4.79 Å². The van der Waals surface area contributed by atoms with Crippen molar-refractivity contribution in [2.45, 2.75) is 19.9 Å². The maximum Gasteiger partial charge on any atom is 0.328 e. The second-order valence-electron chi connectivity index (χ2n) is 4.34. The van der Waals surface area contributed by atoms with E-state index in [0.29, 0.717) is 17.0 Å². The van der Waals surface area contributed by atoms with Crippen LogP contribution in [0, 0.1) is 0 Å². The van der Waals surface area contributed by atoms with Crippen LogP contribution in [0.25, 0.3) is 10.2 Å². The van der Waals surface area contributed by atoms with Crippen molar-refractivity contribution in [3.63, 3.8) is 0 Å². The molecule has 0 amide bonds. The van der Waals surface area contributed by atoms with Gasteiger partial charge in [-0.05, 0) is 13.8 Å². The fraction of sp³-hybridized carbons (Fsp3) is 0.429. The Morgan fingerprint density at radius 3 is 2.48 bits per heavy atom. The summed E-state index contributed by atoms with van der Waals surface area (Å²) in [5, 5.41) is 0. The maximum absolute atomic E-state index is 12.2. The van der Waals surface area contributed by atoms with Gasteiger partial charge >= 0.3 is 10.8 Å². The van der Waals surface area contributed by atoms with Gasteiger partial charge in [0.15, 0.2) is 11.5 Å².